The Hall–Kier alpha value is -4.40. The summed E-state index contributed by atoms with van der Waals surface area (Å²) in [7, 11) is 3.99. The number of hydrogen-bond acceptors (Lipinski definition) is 7. The number of aliphatic carboxylic acids is 1. The molecule has 9 nitrogen and oxygen atoms in total. The number of carbonyl (C=O) groups excluding carboxylic acids is 1. The van der Waals surface area contributed by atoms with E-state index < -0.39 is 12.1 Å². The fraction of sp³-hybridized carbons (Fsp3) is 0.370. The largest absolute Gasteiger partial charge is 0.490 e. The van der Waals surface area contributed by atoms with E-state index in [0.29, 0.717) is 35.6 Å². The fourth-order valence-corrected chi connectivity index (χ4v) is 4.23. The van der Waals surface area contributed by atoms with Gasteiger partial charge in [-0.1, -0.05) is 18.2 Å². The molecule has 1 aliphatic rings. The van der Waals surface area contributed by atoms with E-state index in [1.165, 1.54) is 0 Å². The van der Waals surface area contributed by atoms with Gasteiger partial charge in [0.25, 0.3) is 5.91 Å². The van der Waals surface area contributed by atoms with Crippen LogP contribution in [0.15, 0.2) is 48.5 Å². The van der Waals surface area contributed by atoms with Crippen molar-refractivity contribution in [2.45, 2.75) is 37.9 Å². The van der Waals surface area contributed by atoms with Gasteiger partial charge in [0.2, 0.25) is 5.95 Å². The molecule has 3 aromatic rings. The molecule has 1 amide bonds. The molecule has 0 atom stereocenters. The zero-order chi connectivity index (χ0) is 28.6. The molecular formula is C27H29F3N6O3. The highest BCUT2D eigenvalue weighted by atomic mass is 19.4. The first-order valence-corrected chi connectivity index (χ1v) is 12.3. The summed E-state index contributed by atoms with van der Waals surface area (Å²) in [6.45, 7) is 0.652. The van der Waals surface area contributed by atoms with Crippen molar-refractivity contribution in [1.82, 2.24) is 15.3 Å². The first-order chi connectivity index (χ1) is 18.5. The molecule has 1 aliphatic carbocycles. The van der Waals surface area contributed by atoms with Gasteiger partial charge in [-0.15, -0.1) is 0 Å². The number of rotatable bonds is 6. The van der Waals surface area contributed by atoms with Crippen LogP contribution in [0.4, 0.5) is 24.9 Å². The second-order valence-corrected chi connectivity index (χ2v) is 9.35. The SMILES string of the molecule is CN(C)c1nc(NC2CCC(CNC(=O)c3cccc(C#N)c3)CC2)nc2ccccc12.O=C(O)C(F)(F)F. The van der Waals surface area contributed by atoms with Gasteiger partial charge in [0.1, 0.15) is 5.82 Å². The third kappa shape index (κ3) is 8.29. The Kier molecular flexibility index (Phi) is 9.65. The van der Waals surface area contributed by atoms with E-state index in [1.807, 2.05) is 43.3 Å². The summed E-state index contributed by atoms with van der Waals surface area (Å²) in [6, 6.07) is 17.3. The number of alkyl halides is 3. The minimum Gasteiger partial charge on any atom is -0.475 e. The summed E-state index contributed by atoms with van der Waals surface area (Å²) in [6.07, 6.45) is -0.996. The normalized spacial score (nSPS) is 16.8. The number of carboxylic acid groups (broad SMARTS) is 1. The number of carboxylic acids is 1. The maximum Gasteiger partial charge on any atom is 0.490 e. The quantitative estimate of drug-likeness (QED) is 0.412. The Morgan fingerprint density at radius 1 is 1.08 bits per heavy atom. The lowest BCUT2D eigenvalue weighted by atomic mass is 9.86. The molecule has 1 aromatic heterocycles. The monoisotopic (exact) mass is 542 g/mol. The van der Waals surface area contributed by atoms with Crippen LogP contribution in [-0.2, 0) is 4.79 Å². The highest BCUT2D eigenvalue weighted by molar-refractivity contribution is 5.94. The standard InChI is InChI=1S/C25H28N6O.C2HF3O2/c1-31(2)23-21-8-3-4-9-22(21)29-25(30-23)28-20-12-10-17(11-13-20)16-27-24(32)19-7-5-6-18(14-19)15-26;3-2(4,5)1(6)7/h3-9,14,17,20H,10-13,16H2,1-2H3,(H,27,32)(H,28,29,30);(H,6,7). The molecule has 0 unspecified atom stereocenters. The zero-order valence-electron chi connectivity index (χ0n) is 21.5. The van der Waals surface area contributed by atoms with E-state index in [1.54, 1.807) is 24.3 Å². The van der Waals surface area contributed by atoms with Crippen LogP contribution in [0.5, 0.6) is 0 Å². The molecule has 1 heterocycles. The maximum atomic E-state index is 12.4. The van der Waals surface area contributed by atoms with Crippen molar-refractivity contribution in [2.75, 3.05) is 30.9 Å². The Labute approximate surface area is 223 Å². The first kappa shape index (κ1) is 29.2. The third-order valence-electron chi connectivity index (χ3n) is 6.23. The van der Waals surface area contributed by atoms with Crippen molar-refractivity contribution in [3.05, 3.63) is 59.7 Å². The molecule has 3 N–H and O–H groups in total. The van der Waals surface area contributed by atoms with E-state index in [-0.39, 0.29) is 5.91 Å². The van der Waals surface area contributed by atoms with E-state index in [0.717, 1.165) is 42.4 Å². The molecule has 0 radical (unpaired) electrons. The second kappa shape index (κ2) is 12.9. The molecule has 12 heteroatoms. The number of benzene rings is 2. The predicted molar refractivity (Wildman–Crippen MR) is 140 cm³/mol. The Balaban J connectivity index is 0.000000532. The van der Waals surface area contributed by atoms with Crippen LogP contribution < -0.4 is 15.5 Å². The van der Waals surface area contributed by atoms with Crippen molar-refractivity contribution in [1.29, 1.82) is 5.26 Å². The Morgan fingerprint density at radius 2 is 1.74 bits per heavy atom. The highest BCUT2D eigenvalue weighted by Crippen LogP contribution is 2.28. The van der Waals surface area contributed by atoms with E-state index in [9.17, 15) is 18.0 Å². The molecule has 0 spiro atoms. The third-order valence-corrected chi connectivity index (χ3v) is 6.23. The van der Waals surface area contributed by atoms with Crippen LogP contribution in [0, 0.1) is 17.2 Å². The van der Waals surface area contributed by atoms with Gasteiger partial charge in [0.15, 0.2) is 0 Å². The first-order valence-electron chi connectivity index (χ1n) is 12.3. The number of anilines is 2. The van der Waals surface area contributed by atoms with Crippen LogP contribution in [-0.4, -0.2) is 59.8 Å². The summed E-state index contributed by atoms with van der Waals surface area (Å²) in [5.74, 6) is -0.849. The van der Waals surface area contributed by atoms with Crippen LogP contribution in [0.1, 0.15) is 41.6 Å². The number of hydrogen-bond donors (Lipinski definition) is 3. The topological polar surface area (TPSA) is 131 Å². The van der Waals surface area contributed by atoms with Gasteiger partial charge in [-0.2, -0.15) is 23.4 Å². The number of aromatic nitrogens is 2. The highest BCUT2D eigenvalue weighted by Gasteiger charge is 2.38. The molecular weight excluding hydrogens is 513 g/mol. The number of nitrogens with zero attached hydrogens (tertiary/aromatic N) is 4. The predicted octanol–water partition coefficient (Wildman–Crippen LogP) is 4.60. The summed E-state index contributed by atoms with van der Waals surface area (Å²) in [5, 5.41) is 23.7. The summed E-state index contributed by atoms with van der Waals surface area (Å²) < 4.78 is 31.7. The number of nitrogens with one attached hydrogen (secondary N) is 2. The average Bonchev–Trinajstić information content (AvgIpc) is 2.91. The minimum absolute atomic E-state index is 0.122. The lowest BCUT2D eigenvalue weighted by molar-refractivity contribution is -0.192. The molecule has 2 aromatic carbocycles. The lowest BCUT2D eigenvalue weighted by Crippen LogP contribution is -2.34. The molecule has 1 saturated carbocycles. The minimum atomic E-state index is -5.08. The molecule has 0 saturated heterocycles. The van der Waals surface area contributed by atoms with Crippen LogP contribution in [0.25, 0.3) is 10.9 Å². The van der Waals surface area contributed by atoms with Crippen molar-refractivity contribution in [3.63, 3.8) is 0 Å². The molecule has 0 aliphatic heterocycles. The van der Waals surface area contributed by atoms with Gasteiger partial charge < -0.3 is 20.6 Å². The lowest BCUT2D eigenvalue weighted by Gasteiger charge is -2.29. The van der Waals surface area contributed by atoms with Gasteiger partial charge in [-0.05, 0) is 61.9 Å². The molecule has 39 heavy (non-hydrogen) atoms. The summed E-state index contributed by atoms with van der Waals surface area (Å²) >= 11 is 0. The fourth-order valence-electron chi connectivity index (χ4n) is 4.23. The number of halogens is 3. The zero-order valence-corrected chi connectivity index (χ0v) is 21.5. The van der Waals surface area contributed by atoms with Crippen molar-refractivity contribution in [2.24, 2.45) is 5.92 Å². The van der Waals surface area contributed by atoms with Gasteiger partial charge in [0, 0.05) is 37.6 Å². The number of amides is 1. The number of carbonyl (C=O) groups is 2. The molecule has 1 fully saturated rings. The molecule has 4 rings (SSSR count). The summed E-state index contributed by atoms with van der Waals surface area (Å²) in [5.41, 5.74) is 1.97. The molecule has 0 bridgehead atoms. The number of fused-ring (bicyclic) bond motifs is 1. The van der Waals surface area contributed by atoms with E-state index >= 15 is 0 Å². The van der Waals surface area contributed by atoms with Gasteiger partial charge in [-0.3, -0.25) is 4.79 Å². The number of nitriles is 1. The Morgan fingerprint density at radius 3 is 2.36 bits per heavy atom. The van der Waals surface area contributed by atoms with Crippen LogP contribution in [0.2, 0.25) is 0 Å². The Bertz CT molecular complexity index is 1350. The maximum absolute atomic E-state index is 12.4. The van der Waals surface area contributed by atoms with Gasteiger partial charge >= 0.3 is 12.1 Å². The van der Waals surface area contributed by atoms with E-state index in [2.05, 4.69) is 16.7 Å². The second-order valence-electron chi connectivity index (χ2n) is 9.35. The van der Waals surface area contributed by atoms with Crippen LogP contribution >= 0.6 is 0 Å². The van der Waals surface area contributed by atoms with E-state index in [4.69, 9.17) is 25.1 Å². The average molecular weight is 543 g/mol. The van der Waals surface area contributed by atoms with Crippen molar-refractivity contribution < 1.29 is 27.9 Å². The van der Waals surface area contributed by atoms with Gasteiger partial charge in [0.05, 0.1) is 17.1 Å². The summed E-state index contributed by atoms with van der Waals surface area (Å²) in [4.78, 5) is 32.8. The number of para-hydroxylation sites is 1. The van der Waals surface area contributed by atoms with Crippen molar-refractivity contribution >= 4 is 34.5 Å². The van der Waals surface area contributed by atoms with Crippen molar-refractivity contribution in [3.8, 4) is 6.07 Å². The smallest absolute Gasteiger partial charge is 0.475 e. The molecule has 206 valence electrons. The van der Waals surface area contributed by atoms with Crippen LogP contribution in [0.3, 0.4) is 0 Å². The van der Waals surface area contributed by atoms with Gasteiger partial charge in [-0.25, -0.2) is 9.78 Å².